The number of Topliss-reactive ketones (excluding diaryl/α,β-unsaturated/α-hetero) is 1. The summed E-state index contributed by atoms with van der Waals surface area (Å²) in [7, 11) is 1.54. The van der Waals surface area contributed by atoms with Gasteiger partial charge < -0.3 is 9.47 Å². The molecule has 2 saturated carbocycles. The second kappa shape index (κ2) is 7.27. The Morgan fingerprint density at radius 1 is 1.00 bits per heavy atom. The molecule has 6 nitrogen and oxygen atoms in total. The summed E-state index contributed by atoms with van der Waals surface area (Å²) in [4.78, 5) is 40.1. The zero-order valence-corrected chi connectivity index (χ0v) is 16.7. The summed E-state index contributed by atoms with van der Waals surface area (Å²) in [6.07, 6.45) is 3.06. The maximum absolute atomic E-state index is 13.1. The van der Waals surface area contributed by atoms with Crippen molar-refractivity contribution in [1.82, 2.24) is 0 Å². The summed E-state index contributed by atoms with van der Waals surface area (Å²) in [6.45, 7) is -0.196. The van der Waals surface area contributed by atoms with Crippen molar-refractivity contribution in [1.29, 1.82) is 0 Å². The average molecular weight is 405 g/mol. The molecule has 154 valence electrons. The van der Waals surface area contributed by atoms with Crippen LogP contribution in [0, 0.1) is 23.7 Å². The van der Waals surface area contributed by atoms with Crippen LogP contribution >= 0.6 is 0 Å². The van der Waals surface area contributed by atoms with Crippen molar-refractivity contribution in [2.24, 2.45) is 23.7 Å². The molecule has 5 rings (SSSR count). The molecule has 2 aromatic carbocycles. The first-order valence-corrected chi connectivity index (χ1v) is 10.4. The second-order valence-corrected chi connectivity index (χ2v) is 8.31. The number of para-hydroxylation sites is 2. The van der Waals surface area contributed by atoms with Crippen LogP contribution in [0.5, 0.6) is 11.5 Å². The molecule has 1 aliphatic heterocycles. The van der Waals surface area contributed by atoms with E-state index in [4.69, 9.17) is 9.47 Å². The molecule has 0 spiro atoms. The maximum atomic E-state index is 13.1. The molecule has 4 atom stereocenters. The lowest BCUT2D eigenvalue weighted by atomic mass is 9.81. The molecule has 1 heterocycles. The third-order valence-corrected chi connectivity index (χ3v) is 6.78. The van der Waals surface area contributed by atoms with E-state index in [0.29, 0.717) is 34.6 Å². The molecule has 0 radical (unpaired) electrons. The lowest BCUT2D eigenvalue weighted by Gasteiger charge is -2.20. The van der Waals surface area contributed by atoms with Crippen molar-refractivity contribution in [2.45, 2.75) is 19.3 Å². The lowest BCUT2D eigenvalue weighted by Crippen LogP contribution is -2.33. The number of hydrogen-bond acceptors (Lipinski definition) is 5. The summed E-state index contributed by atoms with van der Waals surface area (Å²) >= 11 is 0. The Morgan fingerprint density at radius 3 is 2.40 bits per heavy atom. The number of anilines is 1. The van der Waals surface area contributed by atoms with Crippen molar-refractivity contribution in [3.63, 3.8) is 0 Å². The van der Waals surface area contributed by atoms with Gasteiger partial charge in [-0.15, -0.1) is 0 Å². The largest absolute Gasteiger partial charge is 0.497 e. The van der Waals surface area contributed by atoms with Crippen LogP contribution in [-0.4, -0.2) is 31.3 Å². The van der Waals surface area contributed by atoms with Crippen LogP contribution in [0.2, 0.25) is 0 Å². The number of rotatable bonds is 6. The number of carbonyl (C=O) groups excluding carboxylic acids is 3. The quantitative estimate of drug-likeness (QED) is 0.543. The van der Waals surface area contributed by atoms with Crippen LogP contribution in [0.3, 0.4) is 0 Å². The first-order chi connectivity index (χ1) is 14.6. The van der Waals surface area contributed by atoms with E-state index in [-0.39, 0.29) is 36.0 Å². The zero-order valence-electron chi connectivity index (χ0n) is 16.7. The van der Waals surface area contributed by atoms with Crippen LogP contribution in [-0.2, 0) is 9.59 Å². The van der Waals surface area contributed by atoms with Crippen molar-refractivity contribution >= 4 is 23.3 Å². The number of nitrogens with zero attached hydrogens (tertiary/aromatic N) is 1. The van der Waals surface area contributed by atoms with E-state index in [1.165, 1.54) is 4.90 Å². The standard InChI is InChI=1S/C24H23NO5/c1-29-17-6-4-5-14(12-17)19(26)13-30-20-8-3-2-7-18(20)25-23(27)21-15-9-10-16(11-15)22(21)24(25)28/h2-8,12,15-16,21-22H,9-11,13H2,1H3/t15-,16+,21-,22-/m0/s1. The summed E-state index contributed by atoms with van der Waals surface area (Å²) in [6, 6.07) is 13.8. The van der Waals surface area contributed by atoms with Crippen molar-refractivity contribution in [3.05, 3.63) is 54.1 Å². The van der Waals surface area contributed by atoms with Gasteiger partial charge in [0.2, 0.25) is 11.8 Å². The third-order valence-electron chi connectivity index (χ3n) is 6.78. The van der Waals surface area contributed by atoms with Crippen molar-refractivity contribution in [3.8, 4) is 11.5 Å². The van der Waals surface area contributed by atoms with Crippen LogP contribution in [0.15, 0.2) is 48.5 Å². The van der Waals surface area contributed by atoms with Crippen LogP contribution in [0.25, 0.3) is 0 Å². The number of hydrogen-bond donors (Lipinski definition) is 0. The van der Waals surface area contributed by atoms with Gasteiger partial charge in [0.15, 0.2) is 12.4 Å². The van der Waals surface area contributed by atoms with E-state index in [1.54, 1.807) is 55.6 Å². The highest BCUT2D eigenvalue weighted by Crippen LogP contribution is 2.57. The highest BCUT2D eigenvalue weighted by molar-refractivity contribution is 6.23. The fourth-order valence-corrected chi connectivity index (χ4v) is 5.43. The molecule has 3 fully saturated rings. The van der Waals surface area contributed by atoms with Gasteiger partial charge in [0.1, 0.15) is 11.5 Å². The van der Waals surface area contributed by atoms with Crippen LogP contribution < -0.4 is 14.4 Å². The first kappa shape index (κ1) is 18.9. The monoisotopic (exact) mass is 405 g/mol. The molecule has 2 aromatic rings. The Labute approximate surface area is 174 Å². The minimum absolute atomic E-state index is 0.118. The number of fused-ring (bicyclic) bond motifs is 5. The average Bonchev–Trinajstić information content (AvgIpc) is 3.46. The predicted octanol–water partition coefficient (Wildman–Crippen LogP) is 3.49. The Bertz CT molecular complexity index is 1000. The summed E-state index contributed by atoms with van der Waals surface area (Å²) in [5, 5.41) is 0. The molecular weight excluding hydrogens is 382 g/mol. The molecule has 1 saturated heterocycles. The molecule has 6 heteroatoms. The highest BCUT2D eigenvalue weighted by Gasteiger charge is 2.61. The first-order valence-electron chi connectivity index (χ1n) is 10.4. The summed E-state index contributed by atoms with van der Waals surface area (Å²) in [5.41, 5.74) is 0.908. The molecule has 0 aromatic heterocycles. The summed E-state index contributed by atoms with van der Waals surface area (Å²) < 4.78 is 11.0. The van der Waals surface area contributed by atoms with E-state index >= 15 is 0 Å². The van der Waals surface area contributed by atoms with E-state index in [9.17, 15) is 14.4 Å². The molecular formula is C24H23NO5. The lowest BCUT2D eigenvalue weighted by molar-refractivity contribution is -0.123. The number of methoxy groups -OCH3 is 1. The van der Waals surface area contributed by atoms with Gasteiger partial charge in [0.05, 0.1) is 24.6 Å². The van der Waals surface area contributed by atoms with Gasteiger partial charge in [-0.05, 0) is 55.4 Å². The van der Waals surface area contributed by atoms with Crippen LogP contribution in [0.1, 0.15) is 29.6 Å². The molecule has 0 unspecified atom stereocenters. The minimum Gasteiger partial charge on any atom is -0.497 e. The van der Waals surface area contributed by atoms with E-state index < -0.39 is 0 Å². The van der Waals surface area contributed by atoms with Gasteiger partial charge in [-0.2, -0.15) is 0 Å². The third kappa shape index (κ3) is 2.90. The van der Waals surface area contributed by atoms with Gasteiger partial charge in [0.25, 0.3) is 0 Å². The van der Waals surface area contributed by atoms with Gasteiger partial charge in [-0.3, -0.25) is 14.4 Å². The Balaban J connectivity index is 1.37. The molecule has 2 aliphatic carbocycles. The fraction of sp³-hybridized carbons (Fsp3) is 0.375. The minimum atomic E-state index is -0.210. The molecule has 3 aliphatic rings. The highest BCUT2D eigenvalue weighted by atomic mass is 16.5. The number of amides is 2. The number of imide groups is 1. The normalized spacial score (nSPS) is 26.8. The fourth-order valence-electron chi connectivity index (χ4n) is 5.43. The number of ketones is 1. The SMILES string of the molecule is COc1cccc(C(=O)COc2ccccc2N2C(=O)[C@H]3[C@@H]4CC[C@@H](C4)[C@@H]3C2=O)c1. The Morgan fingerprint density at radius 2 is 1.70 bits per heavy atom. The van der Waals surface area contributed by atoms with Crippen molar-refractivity contribution < 1.29 is 23.9 Å². The number of ether oxygens (including phenoxy) is 2. The molecule has 2 amide bonds. The second-order valence-electron chi connectivity index (χ2n) is 8.31. The topological polar surface area (TPSA) is 72.9 Å². The van der Waals surface area contributed by atoms with Crippen LogP contribution in [0.4, 0.5) is 5.69 Å². The number of benzene rings is 2. The zero-order chi connectivity index (χ0) is 20.8. The van der Waals surface area contributed by atoms with Gasteiger partial charge >= 0.3 is 0 Å². The Hall–Kier alpha value is -3.15. The number of carbonyl (C=O) groups is 3. The van der Waals surface area contributed by atoms with Gasteiger partial charge in [-0.25, -0.2) is 4.90 Å². The van der Waals surface area contributed by atoms with E-state index in [0.717, 1.165) is 19.3 Å². The maximum Gasteiger partial charge on any atom is 0.238 e. The molecule has 2 bridgehead atoms. The van der Waals surface area contributed by atoms with E-state index in [1.807, 2.05) is 0 Å². The molecule has 30 heavy (non-hydrogen) atoms. The Kier molecular flexibility index (Phi) is 4.57. The molecule has 0 N–H and O–H groups in total. The van der Waals surface area contributed by atoms with E-state index in [2.05, 4.69) is 0 Å². The van der Waals surface area contributed by atoms with Gasteiger partial charge in [-0.1, -0.05) is 24.3 Å². The van der Waals surface area contributed by atoms with Crippen molar-refractivity contribution in [2.75, 3.05) is 18.6 Å². The smallest absolute Gasteiger partial charge is 0.238 e. The predicted molar refractivity (Wildman–Crippen MR) is 110 cm³/mol. The summed E-state index contributed by atoms with van der Waals surface area (Å²) in [5.74, 6) is 0.773. The van der Waals surface area contributed by atoms with Gasteiger partial charge in [0, 0.05) is 5.56 Å².